The molecule has 106 valence electrons. The largest absolute Gasteiger partial charge is 0.458 e. The molecular formula is C16H25NO2. The Morgan fingerprint density at radius 1 is 1.32 bits per heavy atom. The fourth-order valence-electron chi connectivity index (χ4n) is 2.05. The lowest BCUT2D eigenvalue weighted by atomic mass is 10.1. The molecule has 1 unspecified atom stereocenters. The molecule has 0 spiro atoms. The number of esters is 1. The summed E-state index contributed by atoms with van der Waals surface area (Å²) in [6.07, 6.45) is 0. The van der Waals surface area contributed by atoms with Crippen molar-refractivity contribution in [2.24, 2.45) is 0 Å². The van der Waals surface area contributed by atoms with Gasteiger partial charge in [-0.25, -0.2) is 4.79 Å². The van der Waals surface area contributed by atoms with Crippen LogP contribution in [0.4, 0.5) is 5.69 Å². The zero-order chi connectivity index (χ0) is 14.6. The number of nitrogens with zero attached hydrogens (tertiary/aromatic N) is 1. The summed E-state index contributed by atoms with van der Waals surface area (Å²) in [6, 6.07) is 7.81. The van der Waals surface area contributed by atoms with Crippen LogP contribution in [0.5, 0.6) is 0 Å². The highest BCUT2D eigenvalue weighted by atomic mass is 16.6. The number of aryl methyl sites for hydroxylation is 1. The molecule has 0 saturated heterocycles. The lowest BCUT2D eigenvalue weighted by molar-refractivity contribution is -0.156. The first-order valence-electron chi connectivity index (χ1n) is 6.81. The Labute approximate surface area is 116 Å². The van der Waals surface area contributed by atoms with E-state index in [1.165, 1.54) is 5.56 Å². The summed E-state index contributed by atoms with van der Waals surface area (Å²) in [5, 5.41) is 0. The first-order chi connectivity index (χ1) is 8.76. The maximum atomic E-state index is 12.2. The number of carbonyl (C=O) groups is 1. The highest BCUT2D eigenvalue weighted by molar-refractivity contribution is 5.80. The molecular weight excluding hydrogens is 238 g/mol. The van der Waals surface area contributed by atoms with Gasteiger partial charge in [0.15, 0.2) is 0 Å². The average Bonchev–Trinajstić information content (AvgIpc) is 2.30. The van der Waals surface area contributed by atoms with Crippen molar-refractivity contribution in [2.45, 2.75) is 53.2 Å². The van der Waals surface area contributed by atoms with Crippen LogP contribution in [0, 0.1) is 6.92 Å². The van der Waals surface area contributed by atoms with Crippen molar-refractivity contribution in [2.75, 3.05) is 11.4 Å². The molecule has 1 atom stereocenters. The third-order valence-electron chi connectivity index (χ3n) is 2.98. The van der Waals surface area contributed by atoms with Gasteiger partial charge in [-0.1, -0.05) is 18.2 Å². The van der Waals surface area contributed by atoms with Crippen molar-refractivity contribution >= 4 is 11.7 Å². The zero-order valence-electron chi connectivity index (χ0n) is 12.9. The van der Waals surface area contributed by atoms with Crippen LogP contribution in [0.2, 0.25) is 0 Å². The Hall–Kier alpha value is -1.51. The van der Waals surface area contributed by atoms with Gasteiger partial charge in [-0.05, 0) is 53.2 Å². The van der Waals surface area contributed by atoms with Gasteiger partial charge in [0.05, 0.1) is 0 Å². The summed E-state index contributed by atoms with van der Waals surface area (Å²) < 4.78 is 5.46. The normalized spacial score (nSPS) is 12.9. The number of para-hydroxylation sites is 1. The Balaban J connectivity index is 2.92. The summed E-state index contributed by atoms with van der Waals surface area (Å²) in [6.45, 7) is 12.4. The smallest absolute Gasteiger partial charge is 0.328 e. The highest BCUT2D eigenvalue weighted by Gasteiger charge is 2.26. The summed E-state index contributed by atoms with van der Waals surface area (Å²) >= 11 is 0. The fourth-order valence-corrected chi connectivity index (χ4v) is 2.05. The quantitative estimate of drug-likeness (QED) is 0.778. The third kappa shape index (κ3) is 4.27. The maximum absolute atomic E-state index is 12.2. The van der Waals surface area contributed by atoms with E-state index in [0.29, 0.717) is 0 Å². The number of hydrogen-bond donors (Lipinski definition) is 0. The zero-order valence-corrected chi connectivity index (χ0v) is 12.9. The molecule has 0 aliphatic heterocycles. The van der Waals surface area contributed by atoms with E-state index in [1.54, 1.807) is 0 Å². The standard InChI is InChI=1S/C16H25NO2/c1-7-17(14-11-9-8-10-12(14)2)13(3)15(18)19-16(4,5)6/h8-11,13H,7H2,1-6H3. The molecule has 0 radical (unpaired) electrons. The maximum Gasteiger partial charge on any atom is 0.328 e. The molecule has 0 aliphatic carbocycles. The van der Waals surface area contributed by atoms with Crippen molar-refractivity contribution in [3.63, 3.8) is 0 Å². The topological polar surface area (TPSA) is 29.5 Å². The van der Waals surface area contributed by atoms with Crippen molar-refractivity contribution in [3.05, 3.63) is 29.8 Å². The Bertz CT molecular complexity index is 435. The van der Waals surface area contributed by atoms with Gasteiger partial charge >= 0.3 is 5.97 Å². The predicted octanol–water partition coefficient (Wildman–Crippen LogP) is 3.55. The lowest BCUT2D eigenvalue weighted by Crippen LogP contribution is -2.43. The van der Waals surface area contributed by atoms with Crippen molar-refractivity contribution in [3.8, 4) is 0 Å². The molecule has 19 heavy (non-hydrogen) atoms. The minimum atomic E-state index is -0.448. The SMILES string of the molecule is CCN(c1ccccc1C)C(C)C(=O)OC(C)(C)C. The molecule has 0 saturated carbocycles. The minimum absolute atomic E-state index is 0.183. The van der Waals surface area contributed by atoms with E-state index in [-0.39, 0.29) is 12.0 Å². The van der Waals surface area contributed by atoms with Gasteiger partial charge in [0.2, 0.25) is 0 Å². The van der Waals surface area contributed by atoms with Crippen LogP contribution in [0.25, 0.3) is 0 Å². The van der Waals surface area contributed by atoms with E-state index in [0.717, 1.165) is 12.2 Å². The van der Waals surface area contributed by atoms with Crippen LogP contribution in [-0.4, -0.2) is 24.2 Å². The molecule has 3 heteroatoms. The fraction of sp³-hybridized carbons (Fsp3) is 0.562. The molecule has 0 aliphatic rings. The van der Waals surface area contributed by atoms with Gasteiger partial charge in [-0.2, -0.15) is 0 Å². The Kier molecular flexibility index (Phi) is 4.98. The van der Waals surface area contributed by atoms with Crippen LogP contribution < -0.4 is 4.90 Å². The van der Waals surface area contributed by atoms with Gasteiger partial charge in [0, 0.05) is 12.2 Å². The number of rotatable bonds is 4. The first-order valence-corrected chi connectivity index (χ1v) is 6.81. The van der Waals surface area contributed by atoms with E-state index in [2.05, 4.69) is 17.9 Å². The van der Waals surface area contributed by atoms with Gasteiger partial charge in [-0.3, -0.25) is 0 Å². The Morgan fingerprint density at radius 2 is 1.89 bits per heavy atom. The number of likely N-dealkylation sites (N-methyl/N-ethyl adjacent to an activating group) is 1. The average molecular weight is 263 g/mol. The molecule has 1 aromatic carbocycles. The number of benzene rings is 1. The van der Waals surface area contributed by atoms with Crippen molar-refractivity contribution < 1.29 is 9.53 Å². The second-order valence-electron chi connectivity index (χ2n) is 5.78. The first kappa shape index (κ1) is 15.5. The minimum Gasteiger partial charge on any atom is -0.458 e. The second kappa shape index (κ2) is 6.09. The number of anilines is 1. The monoisotopic (exact) mass is 263 g/mol. The highest BCUT2D eigenvalue weighted by Crippen LogP contribution is 2.22. The van der Waals surface area contributed by atoms with Gasteiger partial charge in [-0.15, -0.1) is 0 Å². The van der Waals surface area contributed by atoms with E-state index in [4.69, 9.17) is 4.74 Å². The molecule has 1 rings (SSSR count). The van der Waals surface area contributed by atoms with Gasteiger partial charge < -0.3 is 9.64 Å². The van der Waals surface area contributed by atoms with E-state index in [9.17, 15) is 4.79 Å². The van der Waals surface area contributed by atoms with Gasteiger partial charge in [0.25, 0.3) is 0 Å². The van der Waals surface area contributed by atoms with Crippen LogP contribution >= 0.6 is 0 Å². The molecule has 0 amide bonds. The second-order valence-corrected chi connectivity index (χ2v) is 5.78. The summed E-state index contributed by atoms with van der Waals surface area (Å²) in [5.41, 5.74) is 1.80. The molecule has 3 nitrogen and oxygen atoms in total. The van der Waals surface area contributed by atoms with Crippen LogP contribution in [0.1, 0.15) is 40.2 Å². The summed E-state index contributed by atoms with van der Waals surface area (Å²) in [5.74, 6) is -0.183. The van der Waals surface area contributed by atoms with Crippen molar-refractivity contribution in [1.29, 1.82) is 0 Å². The van der Waals surface area contributed by atoms with E-state index < -0.39 is 5.60 Å². The Morgan fingerprint density at radius 3 is 2.37 bits per heavy atom. The van der Waals surface area contributed by atoms with Crippen LogP contribution in [-0.2, 0) is 9.53 Å². The predicted molar refractivity (Wildman–Crippen MR) is 79.5 cm³/mol. The molecule has 0 aromatic heterocycles. The number of ether oxygens (including phenoxy) is 1. The lowest BCUT2D eigenvalue weighted by Gasteiger charge is -2.32. The van der Waals surface area contributed by atoms with Crippen LogP contribution in [0.15, 0.2) is 24.3 Å². The summed E-state index contributed by atoms with van der Waals surface area (Å²) in [4.78, 5) is 14.3. The summed E-state index contributed by atoms with van der Waals surface area (Å²) in [7, 11) is 0. The number of carbonyl (C=O) groups excluding carboxylic acids is 1. The molecule has 0 bridgehead atoms. The molecule has 0 heterocycles. The molecule has 1 aromatic rings. The van der Waals surface area contributed by atoms with E-state index in [1.807, 2.05) is 52.8 Å². The number of hydrogen-bond acceptors (Lipinski definition) is 3. The van der Waals surface area contributed by atoms with Gasteiger partial charge in [0.1, 0.15) is 11.6 Å². The molecule has 0 fully saturated rings. The third-order valence-corrected chi connectivity index (χ3v) is 2.98. The van der Waals surface area contributed by atoms with Crippen molar-refractivity contribution in [1.82, 2.24) is 0 Å². The molecule has 0 N–H and O–H groups in total. The van der Waals surface area contributed by atoms with E-state index >= 15 is 0 Å². The van der Waals surface area contributed by atoms with Crippen LogP contribution in [0.3, 0.4) is 0 Å².